The van der Waals surface area contributed by atoms with Crippen LogP contribution in [0.25, 0.3) is 0 Å². The molecule has 0 aromatic carbocycles. The molecule has 8 heteroatoms. The van der Waals surface area contributed by atoms with E-state index in [1.807, 2.05) is 13.8 Å². The minimum atomic E-state index is 0. The number of hydrogen-bond donors (Lipinski definition) is 2. The summed E-state index contributed by atoms with van der Waals surface area (Å²) in [5.74, 6) is 2.53. The number of nitrogens with zero attached hydrogens (tertiary/aromatic N) is 3. The molecule has 0 spiro atoms. The molecule has 0 aliphatic rings. The van der Waals surface area contributed by atoms with Crippen LogP contribution in [0, 0.1) is 0 Å². The monoisotopic (exact) mass is 411 g/mol. The van der Waals surface area contributed by atoms with Crippen LogP contribution in [0.4, 0.5) is 0 Å². The molecule has 1 rings (SSSR count). The number of halogens is 1. The summed E-state index contributed by atoms with van der Waals surface area (Å²) in [6, 6.07) is 0. The summed E-state index contributed by atoms with van der Waals surface area (Å²) in [6.07, 6.45) is 1.67. The highest BCUT2D eigenvalue weighted by Crippen LogP contribution is 2.10. The lowest BCUT2D eigenvalue weighted by Gasteiger charge is -2.10. The molecule has 0 radical (unpaired) electrons. The van der Waals surface area contributed by atoms with Gasteiger partial charge in [0.15, 0.2) is 11.8 Å². The molecule has 0 atom stereocenters. The van der Waals surface area contributed by atoms with Crippen molar-refractivity contribution in [1.29, 1.82) is 0 Å². The van der Waals surface area contributed by atoms with Crippen molar-refractivity contribution < 1.29 is 9.26 Å². The van der Waals surface area contributed by atoms with E-state index in [0.717, 1.165) is 37.7 Å². The molecule has 21 heavy (non-hydrogen) atoms. The van der Waals surface area contributed by atoms with E-state index in [-0.39, 0.29) is 24.0 Å². The van der Waals surface area contributed by atoms with Crippen molar-refractivity contribution in [1.82, 2.24) is 20.8 Å². The zero-order chi connectivity index (χ0) is 14.8. The Balaban J connectivity index is 0.00000400. The summed E-state index contributed by atoms with van der Waals surface area (Å²) in [5, 5.41) is 10.3. The lowest BCUT2D eigenvalue weighted by atomic mass is 10.2. The highest BCUT2D eigenvalue weighted by atomic mass is 127. The Bertz CT molecular complexity index is 409. The van der Waals surface area contributed by atoms with Gasteiger partial charge in [0.1, 0.15) is 0 Å². The molecule has 0 aliphatic carbocycles. The van der Waals surface area contributed by atoms with E-state index in [9.17, 15) is 0 Å². The zero-order valence-corrected chi connectivity index (χ0v) is 15.5. The fourth-order valence-electron chi connectivity index (χ4n) is 1.54. The fraction of sp³-hybridized carbons (Fsp3) is 0.769. The van der Waals surface area contributed by atoms with Crippen LogP contribution in [0.15, 0.2) is 9.52 Å². The number of ether oxygens (including phenoxy) is 1. The molecule has 0 saturated carbocycles. The predicted octanol–water partition coefficient (Wildman–Crippen LogP) is 1.55. The van der Waals surface area contributed by atoms with Crippen LogP contribution in [0.3, 0.4) is 0 Å². The van der Waals surface area contributed by atoms with Gasteiger partial charge < -0.3 is 19.9 Å². The summed E-state index contributed by atoms with van der Waals surface area (Å²) >= 11 is 0. The normalized spacial score (nSPS) is 11.4. The quantitative estimate of drug-likeness (QED) is 0.292. The maximum atomic E-state index is 5.19. The van der Waals surface area contributed by atoms with E-state index in [4.69, 9.17) is 9.26 Å². The van der Waals surface area contributed by atoms with Crippen LogP contribution < -0.4 is 10.6 Å². The summed E-state index contributed by atoms with van der Waals surface area (Å²) in [4.78, 5) is 8.46. The predicted molar refractivity (Wildman–Crippen MR) is 93.4 cm³/mol. The van der Waals surface area contributed by atoms with Crippen LogP contribution in [0.5, 0.6) is 0 Å². The summed E-state index contributed by atoms with van der Waals surface area (Å²) < 4.78 is 10.2. The number of methoxy groups -OCH3 is 1. The lowest BCUT2D eigenvalue weighted by molar-refractivity contribution is 0.203. The van der Waals surface area contributed by atoms with Gasteiger partial charge in [0.25, 0.3) is 0 Å². The smallest absolute Gasteiger partial charge is 0.226 e. The van der Waals surface area contributed by atoms with Gasteiger partial charge in [0.05, 0.1) is 6.61 Å². The number of aromatic nitrogens is 2. The topological polar surface area (TPSA) is 84.6 Å². The van der Waals surface area contributed by atoms with Gasteiger partial charge in [0, 0.05) is 39.6 Å². The molecule has 0 unspecified atom stereocenters. The second-order valence-corrected chi connectivity index (χ2v) is 4.72. The third kappa shape index (κ3) is 8.20. The standard InChI is InChI=1S/C13H25N5O2.HI/c1-10(2)12-17-11(20-18-12)6-5-7-15-13(14-3)16-8-9-19-4;/h10H,5-9H2,1-4H3,(H2,14,15,16);1H. The minimum absolute atomic E-state index is 0. The average molecular weight is 411 g/mol. The first kappa shape index (κ1) is 20.1. The molecule has 7 nitrogen and oxygen atoms in total. The van der Waals surface area contributed by atoms with Gasteiger partial charge in [-0.3, -0.25) is 4.99 Å². The Hall–Kier alpha value is -0.900. The molecular weight excluding hydrogens is 385 g/mol. The van der Waals surface area contributed by atoms with Crippen LogP contribution in [0.2, 0.25) is 0 Å². The molecule has 1 heterocycles. The van der Waals surface area contributed by atoms with Crippen molar-refractivity contribution in [2.24, 2.45) is 4.99 Å². The van der Waals surface area contributed by atoms with Gasteiger partial charge >= 0.3 is 0 Å². The molecule has 1 aromatic rings. The van der Waals surface area contributed by atoms with Crippen molar-refractivity contribution in [3.8, 4) is 0 Å². The fourth-order valence-corrected chi connectivity index (χ4v) is 1.54. The zero-order valence-electron chi connectivity index (χ0n) is 13.2. The Morgan fingerprint density at radius 3 is 2.62 bits per heavy atom. The van der Waals surface area contributed by atoms with Crippen molar-refractivity contribution >= 4 is 29.9 Å². The highest BCUT2D eigenvalue weighted by Gasteiger charge is 2.09. The summed E-state index contributed by atoms with van der Waals surface area (Å²) in [5.41, 5.74) is 0. The number of aliphatic imine (C=N–C) groups is 1. The Morgan fingerprint density at radius 2 is 2.05 bits per heavy atom. The van der Waals surface area contributed by atoms with Gasteiger partial charge in [-0.15, -0.1) is 24.0 Å². The number of aryl methyl sites for hydroxylation is 1. The molecule has 122 valence electrons. The molecule has 0 fully saturated rings. The van der Waals surface area contributed by atoms with Gasteiger partial charge in [0.2, 0.25) is 5.89 Å². The van der Waals surface area contributed by atoms with E-state index < -0.39 is 0 Å². The van der Waals surface area contributed by atoms with Crippen LogP contribution >= 0.6 is 24.0 Å². The molecule has 0 amide bonds. The minimum Gasteiger partial charge on any atom is -0.383 e. The summed E-state index contributed by atoms with van der Waals surface area (Å²) in [7, 11) is 3.42. The van der Waals surface area contributed by atoms with Crippen LogP contribution in [0.1, 0.15) is 37.9 Å². The van der Waals surface area contributed by atoms with Crippen LogP contribution in [-0.2, 0) is 11.2 Å². The van der Waals surface area contributed by atoms with Crippen molar-refractivity contribution in [3.05, 3.63) is 11.7 Å². The average Bonchev–Trinajstić information content (AvgIpc) is 2.90. The van der Waals surface area contributed by atoms with Crippen molar-refractivity contribution in [2.75, 3.05) is 33.9 Å². The molecular formula is C13H26IN5O2. The Kier molecular flexibility index (Phi) is 11.2. The second-order valence-electron chi connectivity index (χ2n) is 4.72. The van der Waals surface area contributed by atoms with Crippen molar-refractivity contribution in [3.63, 3.8) is 0 Å². The van der Waals surface area contributed by atoms with E-state index in [1.165, 1.54) is 0 Å². The Morgan fingerprint density at radius 1 is 1.33 bits per heavy atom. The van der Waals surface area contributed by atoms with Gasteiger partial charge in [-0.05, 0) is 6.42 Å². The SMILES string of the molecule is CN=C(NCCCc1nc(C(C)C)no1)NCCOC.I. The van der Waals surface area contributed by atoms with E-state index in [2.05, 4.69) is 25.8 Å². The van der Waals surface area contributed by atoms with Gasteiger partial charge in [-0.1, -0.05) is 19.0 Å². The molecule has 0 aliphatic heterocycles. The van der Waals surface area contributed by atoms with Gasteiger partial charge in [-0.25, -0.2) is 0 Å². The first-order chi connectivity index (χ1) is 9.67. The highest BCUT2D eigenvalue weighted by molar-refractivity contribution is 14.0. The number of guanidine groups is 1. The van der Waals surface area contributed by atoms with E-state index in [1.54, 1.807) is 14.2 Å². The Labute approximate surface area is 143 Å². The maximum Gasteiger partial charge on any atom is 0.226 e. The van der Waals surface area contributed by atoms with Gasteiger partial charge in [-0.2, -0.15) is 4.98 Å². The molecule has 0 bridgehead atoms. The lowest BCUT2D eigenvalue weighted by Crippen LogP contribution is -2.39. The molecule has 0 saturated heterocycles. The number of hydrogen-bond acceptors (Lipinski definition) is 5. The maximum absolute atomic E-state index is 5.19. The van der Waals surface area contributed by atoms with E-state index >= 15 is 0 Å². The second kappa shape index (κ2) is 11.7. The first-order valence-corrected chi connectivity index (χ1v) is 6.93. The van der Waals surface area contributed by atoms with Crippen molar-refractivity contribution in [2.45, 2.75) is 32.6 Å². The third-order valence-electron chi connectivity index (χ3n) is 2.68. The molecule has 2 N–H and O–H groups in total. The van der Waals surface area contributed by atoms with E-state index in [0.29, 0.717) is 18.4 Å². The largest absolute Gasteiger partial charge is 0.383 e. The number of nitrogens with one attached hydrogen (secondary N) is 2. The third-order valence-corrected chi connectivity index (χ3v) is 2.68. The first-order valence-electron chi connectivity index (χ1n) is 6.93. The number of rotatable bonds is 8. The van der Waals surface area contributed by atoms with Crippen LogP contribution in [-0.4, -0.2) is 50.0 Å². The molecule has 1 aromatic heterocycles. The summed E-state index contributed by atoms with van der Waals surface area (Å²) in [6.45, 7) is 6.28.